The lowest BCUT2D eigenvalue weighted by Crippen LogP contribution is -2.44. The molecule has 1 unspecified atom stereocenters. The summed E-state index contributed by atoms with van der Waals surface area (Å²) in [4.78, 5) is 0. The van der Waals surface area contributed by atoms with Crippen LogP contribution in [-0.4, -0.2) is 24.7 Å². The summed E-state index contributed by atoms with van der Waals surface area (Å²) in [5.41, 5.74) is 5.66. The fourth-order valence-corrected chi connectivity index (χ4v) is 6.28. The van der Waals surface area contributed by atoms with Crippen molar-refractivity contribution in [1.29, 1.82) is 0 Å². The fraction of sp³-hybridized carbons (Fsp3) is 0.433. The Morgan fingerprint density at radius 3 is 2.64 bits per heavy atom. The van der Waals surface area contributed by atoms with Crippen LogP contribution in [0.1, 0.15) is 57.4 Å². The summed E-state index contributed by atoms with van der Waals surface area (Å²) in [5.74, 6) is 1.88. The van der Waals surface area contributed by atoms with E-state index in [1.165, 1.54) is 16.5 Å². The first kappa shape index (κ1) is 23.6. The first-order valence-corrected chi connectivity index (χ1v) is 16.2. The summed E-state index contributed by atoms with van der Waals surface area (Å²) in [6.07, 6.45) is 6.80. The van der Waals surface area contributed by atoms with Crippen LogP contribution in [0.25, 0.3) is 33.5 Å². The van der Waals surface area contributed by atoms with Gasteiger partial charge in [0.1, 0.15) is 11.4 Å². The van der Waals surface area contributed by atoms with Crippen molar-refractivity contribution < 1.29 is 13.6 Å². The minimum Gasteiger partial charge on any atom is -0.543 e. The van der Waals surface area contributed by atoms with Crippen LogP contribution in [0, 0.1) is 0 Å². The molecule has 2 aliphatic rings. The van der Waals surface area contributed by atoms with Gasteiger partial charge in [-0.2, -0.15) is 5.10 Å². The van der Waals surface area contributed by atoms with Crippen LogP contribution < -0.4 is 4.43 Å². The number of ether oxygens (including phenoxy) is 1. The highest BCUT2D eigenvalue weighted by molar-refractivity contribution is 6.74. The summed E-state index contributed by atoms with van der Waals surface area (Å²) in [7, 11) is -2.13. The van der Waals surface area contributed by atoms with Crippen LogP contribution in [0.4, 0.5) is 0 Å². The van der Waals surface area contributed by atoms with E-state index in [0.29, 0.717) is 0 Å². The Hall–Kier alpha value is -2.83. The smallest absolute Gasteiger partial charge is 0.250 e. The van der Waals surface area contributed by atoms with Gasteiger partial charge < -0.3 is 13.6 Å². The van der Waals surface area contributed by atoms with Crippen molar-refractivity contribution in [2.75, 3.05) is 6.61 Å². The number of aromatic nitrogens is 2. The molecule has 4 aromatic rings. The van der Waals surface area contributed by atoms with Crippen molar-refractivity contribution in [1.82, 2.24) is 9.78 Å². The molecule has 0 bridgehead atoms. The van der Waals surface area contributed by atoms with E-state index < -0.39 is 8.32 Å². The molecular formula is C30H36N2O3Si. The van der Waals surface area contributed by atoms with E-state index in [2.05, 4.69) is 81.0 Å². The Morgan fingerprint density at radius 2 is 1.86 bits per heavy atom. The second-order valence-electron chi connectivity index (χ2n) is 11.7. The summed E-state index contributed by atoms with van der Waals surface area (Å²) >= 11 is 0. The average molecular weight is 501 g/mol. The van der Waals surface area contributed by atoms with Crippen molar-refractivity contribution in [2.24, 2.45) is 0 Å². The molecular weight excluding hydrogens is 464 g/mol. The second-order valence-corrected chi connectivity index (χ2v) is 16.5. The first-order chi connectivity index (χ1) is 17.2. The third kappa shape index (κ3) is 3.82. The molecule has 1 fully saturated rings. The quantitative estimate of drug-likeness (QED) is 0.265. The third-order valence-electron chi connectivity index (χ3n) is 8.34. The van der Waals surface area contributed by atoms with E-state index in [9.17, 15) is 0 Å². The average Bonchev–Trinajstić information content (AvgIpc) is 3.49. The highest BCUT2D eigenvalue weighted by Crippen LogP contribution is 2.48. The van der Waals surface area contributed by atoms with Gasteiger partial charge in [0, 0.05) is 28.7 Å². The molecule has 2 aromatic carbocycles. The number of hydrogen-bond donors (Lipinski definition) is 0. The van der Waals surface area contributed by atoms with Crippen LogP contribution in [0.5, 0.6) is 5.75 Å². The Bertz CT molecular complexity index is 1420. The lowest BCUT2D eigenvalue weighted by molar-refractivity contribution is -0.0382. The van der Waals surface area contributed by atoms with Gasteiger partial charge in [0.05, 0.1) is 12.0 Å². The first-order valence-electron chi connectivity index (χ1n) is 13.3. The Kier molecular flexibility index (Phi) is 5.65. The molecule has 0 radical (unpaired) electrons. The SMILES string of the molecule is CC(C)(C)[Si](C)(C)Oc1c(-c2c3c(nn2C2CCCCO2)-c2occc2CC3)ccc2ccccc12. The number of benzene rings is 2. The minimum atomic E-state index is -2.13. The predicted molar refractivity (Wildman–Crippen MR) is 147 cm³/mol. The fourth-order valence-electron chi connectivity index (χ4n) is 5.25. The number of nitrogens with zero attached hydrogens (tertiary/aromatic N) is 2. The lowest BCUT2D eigenvalue weighted by Gasteiger charge is -2.37. The molecule has 1 atom stereocenters. The van der Waals surface area contributed by atoms with Crippen LogP contribution >= 0.6 is 0 Å². The highest BCUT2D eigenvalue weighted by Gasteiger charge is 2.40. The maximum absolute atomic E-state index is 7.16. The molecule has 2 aromatic heterocycles. The van der Waals surface area contributed by atoms with E-state index in [0.717, 1.165) is 72.6 Å². The van der Waals surface area contributed by atoms with E-state index in [1.807, 2.05) is 0 Å². The van der Waals surface area contributed by atoms with E-state index in [1.54, 1.807) is 6.26 Å². The molecule has 1 aliphatic carbocycles. The summed E-state index contributed by atoms with van der Waals surface area (Å²) < 4.78 is 21.6. The molecule has 3 heterocycles. The number of fused-ring (bicyclic) bond motifs is 4. The molecule has 188 valence electrons. The highest BCUT2D eigenvalue weighted by atomic mass is 28.4. The van der Waals surface area contributed by atoms with Gasteiger partial charge in [-0.3, -0.25) is 0 Å². The van der Waals surface area contributed by atoms with Crippen LogP contribution in [0.2, 0.25) is 18.1 Å². The van der Waals surface area contributed by atoms with Crippen molar-refractivity contribution in [3.05, 3.63) is 59.9 Å². The maximum atomic E-state index is 7.16. The van der Waals surface area contributed by atoms with Gasteiger partial charge in [0.25, 0.3) is 8.32 Å². The molecule has 6 heteroatoms. The zero-order valence-corrected chi connectivity index (χ0v) is 23.1. The van der Waals surface area contributed by atoms with Gasteiger partial charge in [-0.25, -0.2) is 4.68 Å². The largest absolute Gasteiger partial charge is 0.543 e. The zero-order valence-electron chi connectivity index (χ0n) is 22.1. The van der Waals surface area contributed by atoms with E-state index in [4.69, 9.17) is 18.7 Å². The van der Waals surface area contributed by atoms with Gasteiger partial charge in [-0.15, -0.1) is 0 Å². The molecule has 36 heavy (non-hydrogen) atoms. The Balaban J connectivity index is 1.62. The molecule has 5 nitrogen and oxygen atoms in total. The third-order valence-corrected chi connectivity index (χ3v) is 12.7. The molecule has 1 aliphatic heterocycles. The van der Waals surface area contributed by atoms with E-state index >= 15 is 0 Å². The van der Waals surface area contributed by atoms with Gasteiger partial charge in [0.2, 0.25) is 0 Å². The monoisotopic (exact) mass is 500 g/mol. The van der Waals surface area contributed by atoms with Gasteiger partial charge >= 0.3 is 0 Å². The number of aryl methyl sites for hydroxylation is 1. The van der Waals surface area contributed by atoms with E-state index in [-0.39, 0.29) is 11.3 Å². The Labute approximate surface area is 214 Å². The van der Waals surface area contributed by atoms with Crippen molar-refractivity contribution in [3.63, 3.8) is 0 Å². The van der Waals surface area contributed by atoms with Crippen LogP contribution in [0.3, 0.4) is 0 Å². The second kappa shape index (κ2) is 8.63. The molecule has 0 spiro atoms. The topological polar surface area (TPSA) is 49.4 Å². The number of hydrogen-bond acceptors (Lipinski definition) is 4. The van der Waals surface area contributed by atoms with Gasteiger partial charge in [-0.05, 0) is 67.8 Å². The molecule has 0 saturated carbocycles. The Morgan fingerprint density at radius 1 is 1.03 bits per heavy atom. The normalized spacial score (nSPS) is 18.2. The van der Waals surface area contributed by atoms with Gasteiger partial charge in [0.15, 0.2) is 12.0 Å². The van der Waals surface area contributed by atoms with Crippen LogP contribution in [-0.2, 0) is 17.6 Å². The zero-order chi connectivity index (χ0) is 25.1. The van der Waals surface area contributed by atoms with Crippen molar-refractivity contribution >= 4 is 19.1 Å². The molecule has 0 amide bonds. The molecule has 6 rings (SSSR count). The lowest BCUT2D eigenvalue weighted by atomic mass is 9.91. The summed E-state index contributed by atoms with van der Waals surface area (Å²) in [6.45, 7) is 12.3. The standard InChI is InChI=1S/C30H36N2O3Si/c1-30(2,3)36(4,5)35-29-22-11-7-6-10-20(22)13-16-24(29)27-23-15-14-21-17-19-34-28(21)26(23)31-32(27)25-12-8-9-18-33-25/h6-7,10-11,13,16-17,19,25H,8-9,12,14-15,18H2,1-5H3. The number of rotatable bonds is 4. The molecule has 0 N–H and O–H groups in total. The predicted octanol–water partition coefficient (Wildman–Crippen LogP) is 8.15. The van der Waals surface area contributed by atoms with Crippen LogP contribution in [0.15, 0.2) is 53.1 Å². The summed E-state index contributed by atoms with van der Waals surface area (Å²) in [5, 5.41) is 7.61. The van der Waals surface area contributed by atoms with Gasteiger partial charge in [-0.1, -0.05) is 51.1 Å². The minimum absolute atomic E-state index is 0.0787. The maximum Gasteiger partial charge on any atom is 0.250 e. The van der Waals surface area contributed by atoms with Crippen molar-refractivity contribution in [2.45, 2.75) is 77.2 Å². The number of furan rings is 1. The van der Waals surface area contributed by atoms with Crippen molar-refractivity contribution in [3.8, 4) is 28.5 Å². The summed E-state index contributed by atoms with van der Waals surface area (Å²) in [6, 6.07) is 15.1. The molecule has 1 saturated heterocycles.